The fourth-order valence-electron chi connectivity index (χ4n) is 2.45. The molecule has 18 heavy (non-hydrogen) atoms. The van der Waals surface area contributed by atoms with E-state index in [1.54, 1.807) is 6.07 Å². The van der Waals surface area contributed by atoms with Gasteiger partial charge in [-0.25, -0.2) is 4.39 Å². The van der Waals surface area contributed by atoms with Gasteiger partial charge in [0.1, 0.15) is 5.82 Å². The fourth-order valence-corrected chi connectivity index (χ4v) is 2.85. The number of benzene rings is 1. The summed E-state index contributed by atoms with van der Waals surface area (Å²) < 4.78 is 19.9. The summed E-state index contributed by atoms with van der Waals surface area (Å²) in [5, 5.41) is 0. The molecule has 0 radical (unpaired) electrons. The van der Waals surface area contributed by atoms with E-state index >= 15 is 0 Å². The number of hydrazine groups is 1. The zero-order chi connectivity index (χ0) is 13.2. The van der Waals surface area contributed by atoms with Gasteiger partial charge in [0.2, 0.25) is 0 Å². The van der Waals surface area contributed by atoms with Crippen molar-refractivity contribution >= 4 is 15.9 Å². The molecule has 5 heteroatoms. The van der Waals surface area contributed by atoms with Crippen LogP contribution < -0.4 is 11.3 Å². The molecule has 0 saturated carbocycles. The van der Waals surface area contributed by atoms with E-state index in [0.29, 0.717) is 6.42 Å². The van der Waals surface area contributed by atoms with Crippen LogP contribution in [0.15, 0.2) is 22.7 Å². The summed E-state index contributed by atoms with van der Waals surface area (Å²) >= 11 is 3.44. The van der Waals surface area contributed by atoms with E-state index in [2.05, 4.69) is 28.3 Å². The predicted molar refractivity (Wildman–Crippen MR) is 72.5 cm³/mol. The third-order valence-corrected chi connectivity index (χ3v) is 4.39. The highest BCUT2D eigenvalue weighted by atomic mass is 79.9. The molecule has 1 heterocycles. The summed E-state index contributed by atoms with van der Waals surface area (Å²) in [5.74, 6) is 5.40. The van der Waals surface area contributed by atoms with E-state index in [4.69, 9.17) is 10.6 Å². The van der Waals surface area contributed by atoms with Crippen LogP contribution in [0.3, 0.4) is 0 Å². The molecule has 2 rings (SSSR count). The van der Waals surface area contributed by atoms with Crippen molar-refractivity contribution in [3.63, 3.8) is 0 Å². The van der Waals surface area contributed by atoms with Crippen molar-refractivity contribution in [2.45, 2.75) is 37.8 Å². The Balaban J connectivity index is 2.17. The average molecular weight is 317 g/mol. The monoisotopic (exact) mass is 316 g/mol. The summed E-state index contributed by atoms with van der Waals surface area (Å²) in [7, 11) is 0. The quantitative estimate of drug-likeness (QED) is 0.663. The topological polar surface area (TPSA) is 47.3 Å². The van der Waals surface area contributed by atoms with Crippen LogP contribution in [-0.2, 0) is 11.2 Å². The smallest absolute Gasteiger partial charge is 0.123 e. The highest BCUT2D eigenvalue weighted by Gasteiger charge is 2.38. The summed E-state index contributed by atoms with van der Waals surface area (Å²) in [6.07, 6.45) is 2.64. The third kappa shape index (κ3) is 2.91. The number of halogens is 2. The molecule has 3 nitrogen and oxygen atoms in total. The molecule has 1 aromatic rings. The molecular weight excluding hydrogens is 299 g/mol. The van der Waals surface area contributed by atoms with E-state index < -0.39 is 0 Å². The Kier molecular flexibility index (Phi) is 4.37. The van der Waals surface area contributed by atoms with Crippen LogP contribution in [0.5, 0.6) is 0 Å². The minimum atomic E-state index is -0.277. The largest absolute Gasteiger partial charge is 0.374 e. The van der Waals surface area contributed by atoms with Gasteiger partial charge in [0.25, 0.3) is 0 Å². The molecule has 1 aliphatic rings. The van der Waals surface area contributed by atoms with Gasteiger partial charge in [0.15, 0.2) is 0 Å². The summed E-state index contributed by atoms with van der Waals surface area (Å²) in [6.45, 7) is 2.82. The van der Waals surface area contributed by atoms with E-state index in [-0.39, 0.29) is 17.5 Å². The van der Waals surface area contributed by atoms with Crippen LogP contribution in [0.25, 0.3) is 0 Å². The van der Waals surface area contributed by atoms with Crippen molar-refractivity contribution in [1.29, 1.82) is 0 Å². The number of ether oxygens (including phenoxy) is 1. The van der Waals surface area contributed by atoms with Crippen LogP contribution in [-0.4, -0.2) is 18.2 Å². The molecule has 0 aromatic heterocycles. The maximum atomic E-state index is 13.3. The van der Waals surface area contributed by atoms with Crippen molar-refractivity contribution in [1.82, 2.24) is 5.43 Å². The Morgan fingerprint density at radius 3 is 3.00 bits per heavy atom. The number of rotatable bonds is 4. The first-order chi connectivity index (χ1) is 8.55. The standard InChI is InChI=1S/C13H18BrFN2O/c1-13(5-2-6-18-13)12(17-16)8-9-7-10(15)3-4-11(9)14/h3-4,7,12,17H,2,5-6,8,16H2,1H3. The summed E-state index contributed by atoms with van der Waals surface area (Å²) in [5.41, 5.74) is 3.43. The van der Waals surface area contributed by atoms with Gasteiger partial charge in [0, 0.05) is 11.1 Å². The van der Waals surface area contributed by atoms with Gasteiger partial charge in [-0.2, -0.15) is 0 Å². The van der Waals surface area contributed by atoms with Crippen molar-refractivity contribution in [3.8, 4) is 0 Å². The zero-order valence-electron chi connectivity index (χ0n) is 10.4. The fraction of sp³-hybridized carbons (Fsp3) is 0.538. The molecule has 1 aromatic carbocycles. The van der Waals surface area contributed by atoms with Gasteiger partial charge in [-0.1, -0.05) is 15.9 Å². The second-order valence-corrected chi connectivity index (χ2v) is 5.78. The SMILES string of the molecule is CC1(C(Cc2cc(F)ccc2Br)NN)CCCO1. The van der Waals surface area contributed by atoms with Crippen LogP contribution >= 0.6 is 15.9 Å². The minimum absolute atomic E-state index is 0.0295. The lowest BCUT2D eigenvalue weighted by atomic mass is 9.89. The first kappa shape index (κ1) is 13.9. The third-order valence-electron chi connectivity index (χ3n) is 3.62. The van der Waals surface area contributed by atoms with Crippen LogP contribution in [0.2, 0.25) is 0 Å². The van der Waals surface area contributed by atoms with Crippen molar-refractivity contribution < 1.29 is 9.13 Å². The molecule has 2 atom stereocenters. The van der Waals surface area contributed by atoms with E-state index in [1.807, 2.05) is 0 Å². The highest BCUT2D eigenvalue weighted by molar-refractivity contribution is 9.10. The first-order valence-corrected chi connectivity index (χ1v) is 6.88. The molecule has 1 aliphatic heterocycles. The van der Waals surface area contributed by atoms with Gasteiger partial charge in [-0.05, 0) is 49.9 Å². The van der Waals surface area contributed by atoms with E-state index in [0.717, 1.165) is 29.5 Å². The molecule has 1 fully saturated rings. The van der Waals surface area contributed by atoms with Crippen molar-refractivity contribution in [3.05, 3.63) is 34.1 Å². The maximum absolute atomic E-state index is 13.3. The van der Waals surface area contributed by atoms with Crippen molar-refractivity contribution in [2.24, 2.45) is 5.84 Å². The molecular formula is C13H18BrFN2O. The Labute approximate surface area is 115 Å². The van der Waals surface area contributed by atoms with Gasteiger partial charge < -0.3 is 4.74 Å². The average Bonchev–Trinajstić information content (AvgIpc) is 2.78. The second-order valence-electron chi connectivity index (χ2n) is 4.92. The first-order valence-electron chi connectivity index (χ1n) is 6.09. The highest BCUT2D eigenvalue weighted by Crippen LogP contribution is 2.31. The van der Waals surface area contributed by atoms with Crippen LogP contribution in [0.1, 0.15) is 25.3 Å². The number of nitrogens with two attached hydrogens (primary N) is 1. The lowest BCUT2D eigenvalue weighted by Gasteiger charge is -2.33. The molecule has 0 aliphatic carbocycles. The summed E-state index contributed by atoms with van der Waals surface area (Å²) in [4.78, 5) is 0. The van der Waals surface area contributed by atoms with E-state index in [9.17, 15) is 4.39 Å². The van der Waals surface area contributed by atoms with Gasteiger partial charge in [-0.3, -0.25) is 11.3 Å². The van der Waals surface area contributed by atoms with E-state index in [1.165, 1.54) is 12.1 Å². The lowest BCUT2D eigenvalue weighted by molar-refractivity contribution is -0.0115. The number of hydrogen-bond donors (Lipinski definition) is 2. The van der Waals surface area contributed by atoms with Gasteiger partial charge in [0.05, 0.1) is 11.6 Å². The molecule has 3 N–H and O–H groups in total. The Bertz CT molecular complexity index is 421. The van der Waals surface area contributed by atoms with Crippen LogP contribution in [0, 0.1) is 5.82 Å². The Morgan fingerprint density at radius 1 is 1.61 bits per heavy atom. The zero-order valence-corrected chi connectivity index (χ0v) is 12.0. The molecule has 1 saturated heterocycles. The lowest BCUT2D eigenvalue weighted by Crippen LogP contribution is -2.52. The predicted octanol–water partition coefficient (Wildman–Crippen LogP) is 2.53. The van der Waals surface area contributed by atoms with Gasteiger partial charge >= 0.3 is 0 Å². The molecule has 100 valence electrons. The molecule has 0 spiro atoms. The Hall–Kier alpha value is -0.490. The normalized spacial score (nSPS) is 25.3. The summed E-state index contributed by atoms with van der Waals surface area (Å²) in [6, 6.07) is 4.66. The second kappa shape index (κ2) is 5.65. The maximum Gasteiger partial charge on any atom is 0.123 e. The number of nitrogens with one attached hydrogen (secondary N) is 1. The molecule has 2 unspecified atom stereocenters. The van der Waals surface area contributed by atoms with Gasteiger partial charge in [-0.15, -0.1) is 0 Å². The molecule has 0 amide bonds. The molecule has 0 bridgehead atoms. The minimum Gasteiger partial charge on any atom is -0.374 e. The van der Waals surface area contributed by atoms with Crippen LogP contribution in [0.4, 0.5) is 4.39 Å². The van der Waals surface area contributed by atoms with Crippen molar-refractivity contribution in [2.75, 3.05) is 6.61 Å². The number of hydrogen-bond acceptors (Lipinski definition) is 3. The Morgan fingerprint density at radius 2 is 2.39 bits per heavy atom.